The normalized spacial score (nSPS) is 8.72. The Morgan fingerprint density at radius 2 is 1.61 bits per heavy atom. The maximum absolute atomic E-state index is 3.73. The highest BCUT2D eigenvalue weighted by molar-refractivity contribution is 5.50. The molecule has 0 fully saturated rings. The van der Waals surface area contributed by atoms with Crippen molar-refractivity contribution in [1.82, 2.24) is 0 Å². The Kier molecular flexibility index (Phi) is 4.96. The summed E-state index contributed by atoms with van der Waals surface area (Å²) in [7, 11) is 0. The lowest BCUT2D eigenvalue weighted by Gasteiger charge is -1.94. The van der Waals surface area contributed by atoms with Crippen LogP contribution in [-0.2, 0) is 0 Å². The molecule has 0 heterocycles. The molecule has 2 aromatic carbocycles. The van der Waals surface area contributed by atoms with Crippen molar-refractivity contribution >= 4 is 6.08 Å². The molecule has 0 aromatic heterocycles. The molecule has 0 nitrogen and oxygen atoms in total. The molecular weight excluding hydrogens is 216 g/mol. The fourth-order valence-corrected chi connectivity index (χ4v) is 1.57. The molecule has 0 amide bonds. The smallest absolute Gasteiger partial charge is 0.0251 e. The van der Waals surface area contributed by atoms with Gasteiger partial charge in [0.05, 0.1) is 0 Å². The van der Waals surface area contributed by atoms with E-state index >= 15 is 0 Å². The first-order chi connectivity index (χ1) is 8.28. The average molecular weight is 234 g/mol. The minimum absolute atomic E-state index is 0. The Morgan fingerprint density at radius 3 is 2.22 bits per heavy atom. The first-order valence-corrected chi connectivity index (χ1v) is 5.59. The largest absolute Gasteiger partial charge is 0.0985 e. The summed E-state index contributed by atoms with van der Waals surface area (Å²) in [6, 6.07) is 16.3. The second-order valence-corrected chi connectivity index (χ2v) is 3.95. The van der Waals surface area contributed by atoms with Crippen LogP contribution in [0.5, 0.6) is 0 Å². The number of rotatable bonds is 1. The summed E-state index contributed by atoms with van der Waals surface area (Å²) in [5, 5.41) is 0. The van der Waals surface area contributed by atoms with E-state index in [-0.39, 0.29) is 7.43 Å². The molecule has 0 atom stereocenters. The van der Waals surface area contributed by atoms with Crippen molar-refractivity contribution in [2.45, 2.75) is 14.4 Å². The van der Waals surface area contributed by atoms with Crippen LogP contribution in [0.4, 0.5) is 0 Å². The van der Waals surface area contributed by atoms with Crippen LogP contribution in [-0.4, -0.2) is 0 Å². The van der Waals surface area contributed by atoms with E-state index in [1.165, 1.54) is 5.56 Å². The van der Waals surface area contributed by atoms with Crippen molar-refractivity contribution in [1.29, 1.82) is 0 Å². The van der Waals surface area contributed by atoms with Crippen LogP contribution in [0.3, 0.4) is 0 Å². The standard InChI is InChI=1S/C17H14.CH4/c1-3-15-7-9-16(10-8-15)11-12-17-6-4-5-14(2)13-17;/h3-10,13H,1H2,2H3;1H4. The van der Waals surface area contributed by atoms with Crippen LogP contribution < -0.4 is 0 Å². The van der Waals surface area contributed by atoms with E-state index in [2.05, 4.69) is 37.5 Å². The van der Waals surface area contributed by atoms with E-state index in [0.29, 0.717) is 0 Å². The highest BCUT2D eigenvalue weighted by Gasteiger charge is 1.89. The lowest BCUT2D eigenvalue weighted by Crippen LogP contribution is -1.78. The summed E-state index contributed by atoms with van der Waals surface area (Å²) >= 11 is 0. The summed E-state index contributed by atoms with van der Waals surface area (Å²) in [6.45, 7) is 5.80. The molecule has 18 heavy (non-hydrogen) atoms. The van der Waals surface area contributed by atoms with Crippen LogP contribution in [0.15, 0.2) is 55.1 Å². The maximum atomic E-state index is 3.73. The Balaban J connectivity index is 0.00000162. The van der Waals surface area contributed by atoms with Crippen LogP contribution >= 0.6 is 0 Å². The number of benzene rings is 2. The second-order valence-electron chi connectivity index (χ2n) is 3.95. The zero-order chi connectivity index (χ0) is 12.1. The highest BCUT2D eigenvalue weighted by atomic mass is 13.9. The molecule has 0 radical (unpaired) electrons. The first-order valence-electron chi connectivity index (χ1n) is 5.59. The van der Waals surface area contributed by atoms with Crippen LogP contribution in [0.2, 0.25) is 0 Å². The molecule has 0 spiro atoms. The summed E-state index contributed by atoms with van der Waals surface area (Å²) in [5.74, 6) is 6.32. The molecule has 0 bridgehead atoms. The van der Waals surface area contributed by atoms with E-state index in [9.17, 15) is 0 Å². The predicted octanol–water partition coefficient (Wildman–Crippen LogP) is 4.67. The molecule has 90 valence electrons. The zero-order valence-corrected chi connectivity index (χ0v) is 9.90. The number of hydrogen-bond donors (Lipinski definition) is 0. The Hall–Kier alpha value is -2.26. The number of aryl methyl sites for hydroxylation is 1. The first kappa shape index (κ1) is 13.8. The fourth-order valence-electron chi connectivity index (χ4n) is 1.57. The lowest BCUT2D eigenvalue weighted by atomic mass is 10.1. The van der Waals surface area contributed by atoms with E-state index in [1.807, 2.05) is 42.5 Å². The maximum Gasteiger partial charge on any atom is 0.0251 e. The third-order valence-corrected chi connectivity index (χ3v) is 2.52. The van der Waals surface area contributed by atoms with Gasteiger partial charge in [0.15, 0.2) is 0 Å². The van der Waals surface area contributed by atoms with Crippen LogP contribution in [0.25, 0.3) is 6.08 Å². The van der Waals surface area contributed by atoms with E-state index in [0.717, 1.165) is 16.7 Å². The van der Waals surface area contributed by atoms with Crippen LogP contribution in [0, 0.1) is 18.8 Å². The molecule has 0 saturated carbocycles. The molecule has 0 saturated heterocycles. The minimum atomic E-state index is 0. The van der Waals surface area contributed by atoms with Gasteiger partial charge in [-0.3, -0.25) is 0 Å². The Labute approximate surface area is 110 Å². The average Bonchev–Trinajstić information content (AvgIpc) is 2.37. The quantitative estimate of drug-likeness (QED) is 0.629. The van der Waals surface area contributed by atoms with Gasteiger partial charge in [0.25, 0.3) is 0 Å². The van der Waals surface area contributed by atoms with E-state index in [4.69, 9.17) is 0 Å². The summed E-state index contributed by atoms with van der Waals surface area (Å²) in [5.41, 5.74) is 4.43. The Morgan fingerprint density at radius 1 is 0.944 bits per heavy atom. The minimum Gasteiger partial charge on any atom is -0.0985 e. The van der Waals surface area contributed by atoms with Gasteiger partial charge < -0.3 is 0 Å². The van der Waals surface area contributed by atoms with Gasteiger partial charge in [-0.2, -0.15) is 0 Å². The molecule has 0 unspecified atom stereocenters. The van der Waals surface area contributed by atoms with Crippen molar-refractivity contribution in [2.75, 3.05) is 0 Å². The van der Waals surface area contributed by atoms with Crippen molar-refractivity contribution in [2.24, 2.45) is 0 Å². The number of hydrogen-bond acceptors (Lipinski definition) is 0. The van der Waals surface area contributed by atoms with Crippen molar-refractivity contribution < 1.29 is 0 Å². The van der Waals surface area contributed by atoms with Crippen LogP contribution in [0.1, 0.15) is 29.7 Å². The van der Waals surface area contributed by atoms with Gasteiger partial charge >= 0.3 is 0 Å². The summed E-state index contributed by atoms with van der Waals surface area (Å²) < 4.78 is 0. The van der Waals surface area contributed by atoms with Gasteiger partial charge in [-0.1, -0.05) is 56.2 Å². The van der Waals surface area contributed by atoms with Gasteiger partial charge in [-0.15, -0.1) is 0 Å². The zero-order valence-electron chi connectivity index (χ0n) is 9.90. The van der Waals surface area contributed by atoms with Crippen molar-refractivity contribution in [3.63, 3.8) is 0 Å². The second kappa shape index (κ2) is 6.47. The van der Waals surface area contributed by atoms with E-state index < -0.39 is 0 Å². The molecular formula is C18H18. The molecule has 0 aliphatic rings. The molecule has 0 aliphatic heterocycles. The third-order valence-electron chi connectivity index (χ3n) is 2.52. The van der Waals surface area contributed by atoms with E-state index in [1.54, 1.807) is 0 Å². The van der Waals surface area contributed by atoms with Gasteiger partial charge in [0.1, 0.15) is 0 Å². The lowest BCUT2D eigenvalue weighted by molar-refractivity contribution is 1.45. The molecule has 0 heteroatoms. The van der Waals surface area contributed by atoms with Gasteiger partial charge in [-0.25, -0.2) is 0 Å². The molecule has 2 aromatic rings. The highest BCUT2D eigenvalue weighted by Crippen LogP contribution is 2.05. The molecule has 0 aliphatic carbocycles. The monoisotopic (exact) mass is 234 g/mol. The van der Waals surface area contributed by atoms with Gasteiger partial charge in [0.2, 0.25) is 0 Å². The summed E-state index contributed by atoms with van der Waals surface area (Å²) in [6.07, 6.45) is 1.83. The summed E-state index contributed by atoms with van der Waals surface area (Å²) in [4.78, 5) is 0. The van der Waals surface area contributed by atoms with Crippen molar-refractivity contribution in [3.8, 4) is 11.8 Å². The predicted molar refractivity (Wildman–Crippen MR) is 80.4 cm³/mol. The van der Waals surface area contributed by atoms with Gasteiger partial charge in [-0.05, 0) is 42.3 Å². The topological polar surface area (TPSA) is 0 Å². The van der Waals surface area contributed by atoms with Gasteiger partial charge in [0, 0.05) is 11.1 Å². The SMILES string of the molecule is C.C=Cc1ccc(C#Cc2cccc(C)c2)cc1. The van der Waals surface area contributed by atoms with Crippen molar-refractivity contribution in [3.05, 3.63) is 77.4 Å². The fraction of sp³-hybridized carbons (Fsp3) is 0.111. The molecule has 2 rings (SSSR count). The third kappa shape index (κ3) is 3.64. The molecule has 0 N–H and O–H groups in total. The Bertz CT molecular complexity index is 577.